The van der Waals surface area contributed by atoms with E-state index >= 15 is 0 Å². The Labute approximate surface area is 144 Å². The summed E-state index contributed by atoms with van der Waals surface area (Å²) in [6.07, 6.45) is 6.06. The van der Waals surface area contributed by atoms with Crippen LogP contribution in [-0.4, -0.2) is 47.1 Å². The van der Waals surface area contributed by atoms with Gasteiger partial charge in [-0.05, 0) is 25.3 Å². The summed E-state index contributed by atoms with van der Waals surface area (Å²) in [5.74, 6) is 1.62. The third-order valence-electron chi connectivity index (χ3n) is 4.33. The summed E-state index contributed by atoms with van der Waals surface area (Å²) in [4.78, 5) is 27.5. The van der Waals surface area contributed by atoms with Crippen molar-refractivity contribution in [3.63, 3.8) is 0 Å². The highest BCUT2D eigenvalue weighted by Gasteiger charge is 2.34. The minimum atomic E-state index is -0.237. The number of fused-ring (bicyclic) bond motifs is 1. The van der Waals surface area contributed by atoms with E-state index in [4.69, 9.17) is 4.52 Å². The molecule has 0 saturated carbocycles. The quantitative estimate of drug-likeness (QED) is 0.718. The molecule has 0 aliphatic carbocycles. The van der Waals surface area contributed by atoms with E-state index in [9.17, 15) is 4.79 Å². The Bertz CT molecular complexity index is 868. The third kappa shape index (κ3) is 2.86. The van der Waals surface area contributed by atoms with Gasteiger partial charge in [-0.3, -0.25) is 4.79 Å². The highest BCUT2D eigenvalue weighted by Crippen LogP contribution is 2.31. The van der Waals surface area contributed by atoms with Crippen molar-refractivity contribution in [2.24, 2.45) is 0 Å². The molecule has 130 valence electrons. The van der Waals surface area contributed by atoms with Gasteiger partial charge in [0.1, 0.15) is 6.04 Å². The molecule has 1 fully saturated rings. The summed E-state index contributed by atoms with van der Waals surface area (Å²) in [6.45, 7) is 4.63. The normalized spacial score (nSPS) is 18.2. The highest BCUT2D eigenvalue weighted by molar-refractivity contribution is 5.91. The van der Waals surface area contributed by atoms with E-state index in [2.05, 4.69) is 25.2 Å². The number of piperidine rings is 1. The van der Waals surface area contributed by atoms with Crippen molar-refractivity contribution >= 4 is 11.7 Å². The second-order valence-electron chi connectivity index (χ2n) is 6.46. The van der Waals surface area contributed by atoms with Crippen LogP contribution in [0.5, 0.6) is 0 Å². The van der Waals surface area contributed by atoms with Crippen LogP contribution in [-0.2, 0) is 0 Å². The standard InChI is InChI=1S/C16H19N7O2/c1-10(2)12-18-14(25-21-12)11-6-3-4-8-22(11)15(24)13-19-16-17-7-5-9-23(16)20-13/h5,7,9-11H,3-4,6,8H2,1-2H3/t11-/m1/s1. The monoisotopic (exact) mass is 341 g/mol. The Morgan fingerprint density at radius 2 is 2.20 bits per heavy atom. The Morgan fingerprint density at radius 1 is 1.32 bits per heavy atom. The van der Waals surface area contributed by atoms with E-state index in [1.165, 1.54) is 4.52 Å². The van der Waals surface area contributed by atoms with E-state index in [1.807, 2.05) is 13.8 Å². The highest BCUT2D eigenvalue weighted by atomic mass is 16.5. The average Bonchev–Trinajstić information content (AvgIpc) is 3.28. The molecule has 0 N–H and O–H groups in total. The molecule has 1 atom stereocenters. The lowest BCUT2D eigenvalue weighted by Crippen LogP contribution is -2.39. The molecule has 1 saturated heterocycles. The van der Waals surface area contributed by atoms with Crippen molar-refractivity contribution in [2.45, 2.75) is 45.1 Å². The molecule has 0 spiro atoms. The molecular weight excluding hydrogens is 322 g/mol. The zero-order chi connectivity index (χ0) is 17.4. The molecule has 9 heteroatoms. The number of likely N-dealkylation sites (tertiary alicyclic amines) is 1. The topological polar surface area (TPSA) is 102 Å². The number of hydrogen-bond acceptors (Lipinski definition) is 7. The molecule has 4 rings (SSSR count). The molecule has 3 aromatic rings. The predicted octanol–water partition coefficient (Wildman–Crippen LogP) is 2.00. The first kappa shape index (κ1) is 15.7. The van der Waals surface area contributed by atoms with Crippen LogP contribution in [0.2, 0.25) is 0 Å². The second kappa shape index (κ2) is 6.23. The molecule has 9 nitrogen and oxygen atoms in total. The van der Waals surface area contributed by atoms with Gasteiger partial charge in [0.15, 0.2) is 5.82 Å². The summed E-state index contributed by atoms with van der Waals surface area (Å²) in [6, 6.07) is 1.51. The van der Waals surface area contributed by atoms with Crippen molar-refractivity contribution < 1.29 is 9.32 Å². The number of nitrogens with zero attached hydrogens (tertiary/aromatic N) is 7. The number of aromatic nitrogens is 6. The SMILES string of the molecule is CC(C)c1noc([C@H]2CCCCN2C(=O)c2nc3ncccn3n2)n1. The zero-order valence-corrected chi connectivity index (χ0v) is 14.2. The Kier molecular flexibility index (Phi) is 3.90. The largest absolute Gasteiger partial charge is 0.337 e. The molecule has 25 heavy (non-hydrogen) atoms. The van der Waals surface area contributed by atoms with Gasteiger partial charge < -0.3 is 9.42 Å². The van der Waals surface area contributed by atoms with Gasteiger partial charge in [0, 0.05) is 24.9 Å². The summed E-state index contributed by atoms with van der Waals surface area (Å²) < 4.78 is 6.92. The molecule has 1 amide bonds. The second-order valence-corrected chi connectivity index (χ2v) is 6.46. The zero-order valence-electron chi connectivity index (χ0n) is 14.2. The Hall–Kier alpha value is -2.84. The minimum Gasteiger partial charge on any atom is -0.337 e. The fourth-order valence-electron chi connectivity index (χ4n) is 3.00. The van der Waals surface area contributed by atoms with Crippen molar-refractivity contribution in [3.8, 4) is 0 Å². The van der Waals surface area contributed by atoms with Crippen LogP contribution >= 0.6 is 0 Å². The van der Waals surface area contributed by atoms with Crippen LogP contribution in [0.25, 0.3) is 5.78 Å². The van der Waals surface area contributed by atoms with E-state index < -0.39 is 0 Å². The van der Waals surface area contributed by atoms with Crippen LogP contribution < -0.4 is 0 Å². The van der Waals surface area contributed by atoms with Crippen LogP contribution in [0.4, 0.5) is 0 Å². The van der Waals surface area contributed by atoms with Gasteiger partial charge in [0.2, 0.25) is 11.7 Å². The lowest BCUT2D eigenvalue weighted by atomic mass is 10.0. The van der Waals surface area contributed by atoms with E-state index in [1.54, 1.807) is 23.4 Å². The van der Waals surface area contributed by atoms with Crippen LogP contribution in [0.15, 0.2) is 23.0 Å². The lowest BCUT2D eigenvalue weighted by Gasteiger charge is -2.32. The third-order valence-corrected chi connectivity index (χ3v) is 4.33. The number of carbonyl (C=O) groups excluding carboxylic acids is 1. The Balaban J connectivity index is 1.64. The van der Waals surface area contributed by atoms with Crippen molar-refractivity contribution in [1.29, 1.82) is 0 Å². The number of rotatable bonds is 3. The molecule has 3 aromatic heterocycles. The van der Waals surface area contributed by atoms with Gasteiger partial charge in [-0.25, -0.2) is 9.50 Å². The number of amides is 1. The average molecular weight is 341 g/mol. The van der Waals surface area contributed by atoms with E-state index in [-0.39, 0.29) is 23.7 Å². The van der Waals surface area contributed by atoms with Gasteiger partial charge in [0.05, 0.1) is 0 Å². The van der Waals surface area contributed by atoms with Crippen LogP contribution in [0.1, 0.15) is 67.4 Å². The molecular formula is C16H19N7O2. The summed E-state index contributed by atoms with van der Waals surface area (Å²) in [7, 11) is 0. The minimum absolute atomic E-state index is 0.134. The first-order valence-corrected chi connectivity index (χ1v) is 8.45. The molecule has 0 unspecified atom stereocenters. The van der Waals surface area contributed by atoms with Gasteiger partial charge >= 0.3 is 0 Å². The first-order chi connectivity index (χ1) is 12.1. The molecule has 0 bridgehead atoms. The fraction of sp³-hybridized carbons (Fsp3) is 0.500. The fourth-order valence-corrected chi connectivity index (χ4v) is 3.00. The molecule has 1 aliphatic heterocycles. The maximum absolute atomic E-state index is 13.0. The molecule has 1 aliphatic rings. The van der Waals surface area contributed by atoms with Gasteiger partial charge in [0.25, 0.3) is 11.7 Å². The van der Waals surface area contributed by atoms with Crippen molar-refractivity contribution in [1.82, 2.24) is 34.6 Å². The van der Waals surface area contributed by atoms with Gasteiger partial charge in [-0.1, -0.05) is 19.0 Å². The summed E-state index contributed by atoms with van der Waals surface area (Å²) in [5.41, 5.74) is 0. The molecule has 4 heterocycles. The van der Waals surface area contributed by atoms with Crippen molar-refractivity contribution in [3.05, 3.63) is 36.0 Å². The number of hydrogen-bond donors (Lipinski definition) is 0. The van der Waals surface area contributed by atoms with E-state index in [0.717, 1.165) is 19.3 Å². The predicted molar refractivity (Wildman–Crippen MR) is 86.8 cm³/mol. The maximum atomic E-state index is 13.0. The number of carbonyl (C=O) groups is 1. The van der Waals surface area contributed by atoms with Gasteiger partial charge in [-0.2, -0.15) is 9.97 Å². The maximum Gasteiger partial charge on any atom is 0.294 e. The van der Waals surface area contributed by atoms with Gasteiger partial charge in [-0.15, -0.1) is 5.10 Å². The molecule has 0 radical (unpaired) electrons. The first-order valence-electron chi connectivity index (χ1n) is 8.45. The lowest BCUT2D eigenvalue weighted by molar-refractivity contribution is 0.0549. The van der Waals surface area contributed by atoms with Crippen molar-refractivity contribution in [2.75, 3.05) is 6.54 Å². The van der Waals surface area contributed by atoms with E-state index in [0.29, 0.717) is 24.0 Å². The smallest absolute Gasteiger partial charge is 0.294 e. The van der Waals surface area contributed by atoms with Crippen LogP contribution in [0, 0.1) is 0 Å². The molecule has 0 aromatic carbocycles. The Morgan fingerprint density at radius 3 is 2.96 bits per heavy atom. The summed E-state index contributed by atoms with van der Waals surface area (Å²) >= 11 is 0. The summed E-state index contributed by atoms with van der Waals surface area (Å²) in [5, 5.41) is 8.26. The van der Waals surface area contributed by atoms with Crippen LogP contribution in [0.3, 0.4) is 0 Å².